The summed E-state index contributed by atoms with van der Waals surface area (Å²) in [5.41, 5.74) is 6.08. The van der Waals surface area contributed by atoms with Gasteiger partial charge in [-0.25, -0.2) is 0 Å². The average molecular weight is 501 g/mol. The molecular weight excluding hydrogens is 480 g/mol. The molecular formula is C30H20N4O4. The van der Waals surface area contributed by atoms with Crippen LogP contribution in [0.1, 0.15) is 32.1 Å². The highest BCUT2D eigenvalue weighted by molar-refractivity contribution is 6.11. The van der Waals surface area contributed by atoms with E-state index in [1.54, 1.807) is 33.4 Å². The van der Waals surface area contributed by atoms with E-state index in [4.69, 9.17) is 0 Å². The zero-order valence-corrected chi connectivity index (χ0v) is 20.5. The van der Waals surface area contributed by atoms with Crippen LogP contribution in [0.15, 0.2) is 82.4 Å². The van der Waals surface area contributed by atoms with Crippen molar-refractivity contribution in [1.29, 1.82) is 0 Å². The number of para-hydroxylation sites is 2. The van der Waals surface area contributed by atoms with E-state index in [0.717, 1.165) is 33.8 Å². The lowest BCUT2D eigenvalue weighted by Crippen LogP contribution is -2.18. The van der Waals surface area contributed by atoms with Gasteiger partial charge in [-0.15, -0.1) is 0 Å². The summed E-state index contributed by atoms with van der Waals surface area (Å²) in [6.07, 6.45) is 0. The summed E-state index contributed by atoms with van der Waals surface area (Å²) in [4.78, 5) is 56.1. The quantitative estimate of drug-likeness (QED) is 0.317. The van der Waals surface area contributed by atoms with E-state index in [2.05, 4.69) is 9.97 Å². The fourth-order valence-electron chi connectivity index (χ4n) is 5.49. The predicted octanol–water partition coefficient (Wildman–Crippen LogP) is 4.61. The minimum atomic E-state index is -0.237. The van der Waals surface area contributed by atoms with Crippen LogP contribution >= 0.6 is 0 Å². The Morgan fingerprint density at radius 2 is 0.921 bits per heavy atom. The van der Waals surface area contributed by atoms with Crippen molar-refractivity contribution in [1.82, 2.24) is 19.1 Å². The molecule has 0 aliphatic carbocycles. The molecule has 0 saturated carbocycles. The third kappa shape index (κ3) is 2.79. The van der Waals surface area contributed by atoms with Crippen LogP contribution in [0.5, 0.6) is 0 Å². The molecule has 2 aliphatic rings. The lowest BCUT2D eigenvalue weighted by molar-refractivity contribution is 0.0958. The number of H-pyrrole nitrogens is 2. The van der Waals surface area contributed by atoms with E-state index in [0.29, 0.717) is 22.2 Å². The fourth-order valence-corrected chi connectivity index (χ4v) is 5.49. The van der Waals surface area contributed by atoms with Crippen molar-refractivity contribution < 1.29 is 9.59 Å². The number of rotatable bonds is 0. The lowest BCUT2D eigenvalue weighted by atomic mass is 10.1. The molecule has 0 amide bonds. The van der Waals surface area contributed by atoms with Gasteiger partial charge in [-0.05, 0) is 62.4 Å². The molecule has 0 spiro atoms. The minimum absolute atomic E-state index is 0.197. The van der Waals surface area contributed by atoms with Crippen molar-refractivity contribution in [2.75, 3.05) is 0 Å². The second-order valence-electron chi connectivity index (χ2n) is 9.50. The number of fused-ring (bicyclic) bond motifs is 8. The molecule has 8 nitrogen and oxygen atoms in total. The molecule has 0 unspecified atom stereocenters. The van der Waals surface area contributed by atoms with Gasteiger partial charge in [0.05, 0.1) is 22.8 Å². The van der Waals surface area contributed by atoms with Gasteiger partial charge in [0.15, 0.2) is 0 Å². The number of nitrogens with one attached hydrogen (secondary N) is 2. The SMILES string of the molecule is Cc1ccc2n1C(=O)c1c-2[nH]c2ccccc2c1=O.Cc1ccc2n1C(=O)c1c-2[nH]c2ccccc2c1=O. The molecule has 4 aromatic heterocycles. The third-order valence-corrected chi connectivity index (χ3v) is 7.32. The minimum Gasteiger partial charge on any atom is -0.352 e. The van der Waals surface area contributed by atoms with E-state index in [9.17, 15) is 19.2 Å². The van der Waals surface area contributed by atoms with Gasteiger partial charge < -0.3 is 9.97 Å². The van der Waals surface area contributed by atoms with Crippen molar-refractivity contribution >= 4 is 33.6 Å². The number of carbonyl (C=O) groups excluding carboxylic acids is 2. The summed E-state index contributed by atoms with van der Waals surface area (Å²) < 4.78 is 3.17. The van der Waals surface area contributed by atoms with Crippen molar-refractivity contribution in [2.24, 2.45) is 0 Å². The third-order valence-electron chi connectivity index (χ3n) is 7.32. The van der Waals surface area contributed by atoms with E-state index in [1.807, 2.05) is 62.4 Å². The zero-order valence-electron chi connectivity index (χ0n) is 20.5. The number of pyridine rings is 2. The van der Waals surface area contributed by atoms with E-state index in [-0.39, 0.29) is 33.8 Å². The first-order valence-corrected chi connectivity index (χ1v) is 12.1. The second kappa shape index (κ2) is 7.63. The molecule has 0 bridgehead atoms. The van der Waals surface area contributed by atoms with Crippen molar-refractivity contribution in [3.8, 4) is 22.8 Å². The average Bonchev–Trinajstić information content (AvgIpc) is 3.64. The molecule has 0 saturated heterocycles. The maximum Gasteiger partial charge on any atom is 0.268 e. The topological polar surface area (TPSA) is 110 Å². The summed E-state index contributed by atoms with van der Waals surface area (Å²) in [6, 6.07) is 22.0. The van der Waals surface area contributed by atoms with Gasteiger partial charge in [0.25, 0.3) is 11.8 Å². The van der Waals surface area contributed by atoms with Crippen molar-refractivity contribution in [3.05, 3.63) is 116 Å². The van der Waals surface area contributed by atoms with Crippen molar-refractivity contribution in [3.63, 3.8) is 0 Å². The summed E-state index contributed by atoms with van der Waals surface area (Å²) in [5, 5.41) is 1.11. The Balaban J connectivity index is 0.000000127. The maximum atomic E-state index is 12.5. The van der Waals surface area contributed by atoms with Gasteiger partial charge in [0.1, 0.15) is 11.1 Å². The van der Waals surface area contributed by atoms with Crippen LogP contribution in [0.2, 0.25) is 0 Å². The molecule has 6 heterocycles. The van der Waals surface area contributed by atoms with Gasteiger partial charge in [-0.2, -0.15) is 0 Å². The highest BCUT2D eigenvalue weighted by Gasteiger charge is 2.32. The first kappa shape index (κ1) is 22.0. The van der Waals surface area contributed by atoms with Crippen LogP contribution in [0.4, 0.5) is 0 Å². The number of aromatic nitrogens is 4. The van der Waals surface area contributed by atoms with Crippen LogP contribution in [0, 0.1) is 13.8 Å². The number of carbonyl (C=O) groups is 2. The van der Waals surface area contributed by atoms with Crippen molar-refractivity contribution in [2.45, 2.75) is 13.8 Å². The Labute approximate surface area is 214 Å². The van der Waals surface area contributed by atoms with Crippen LogP contribution in [0.25, 0.3) is 44.6 Å². The number of hydrogen-bond acceptors (Lipinski definition) is 4. The number of nitrogens with zero attached hydrogens (tertiary/aromatic N) is 2. The highest BCUT2D eigenvalue weighted by atomic mass is 16.2. The van der Waals surface area contributed by atoms with E-state index in [1.165, 1.54) is 0 Å². The van der Waals surface area contributed by atoms with Gasteiger partial charge >= 0.3 is 0 Å². The van der Waals surface area contributed by atoms with Crippen LogP contribution < -0.4 is 10.9 Å². The number of benzene rings is 2. The molecule has 0 radical (unpaired) electrons. The molecule has 8 heteroatoms. The normalized spacial score (nSPS) is 12.8. The van der Waals surface area contributed by atoms with Gasteiger partial charge in [-0.1, -0.05) is 24.3 Å². The molecule has 2 N–H and O–H groups in total. The largest absolute Gasteiger partial charge is 0.352 e. The molecule has 6 aromatic rings. The maximum absolute atomic E-state index is 12.5. The van der Waals surface area contributed by atoms with Gasteiger partial charge in [0.2, 0.25) is 10.9 Å². The van der Waals surface area contributed by atoms with E-state index < -0.39 is 0 Å². The Morgan fingerprint density at radius 3 is 1.34 bits per heavy atom. The summed E-state index contributed by atoms with van der Waals surface area (Å²) in [6.45, 7) is 3.72. The van der Waals surface area contributed by atoms with Crippen LogP contribution in [-0.2, 0) is 0 Å². The van der Waals surface area contributed by atoms with Gasteiger partial charge in [0, 0.05) is 33.2 Å². The van der Waals surface area contributed by atoms with Crippen LogP contribution in [-0.4, -0.2) is 30.9 Å². The van der Waals surface area contributed by atoms with Crippen LogP contribution in [0.3, 0.4) is 0 Å². The molecule has 0 fully saturated rings. The smallest absolute Gasteiger partial charge is 0.268 e. The zero-order chi connectivity index (χ0) is 26.3. The fraction of sp³-hybridized carbons (Fsp3) is 0.0667. The first-order valence-electron chi connectivity index (χ1n) is 12.1. The second-order valence-corrected chi connectivity index (χ2v) is 9.50. The Hall–Kier alpha value is -5.24. The Bertz CT molecular complexity index is 1980. The molecule has 2 aliphatic heterocycles. The summed E-state index contributed by atoms with van der Waals surface area (Å²) >= 11 is 0. The summed E-state index contributed by atoms with van der Waals surface area (Å²) in [5.74, 6) is -0.473. The predicted molar refractivity (Wildman–Crippen MR) is 145 cm³/mol. The first-order chi connectivity index (χ1) is 18.4. The summed E-state index contributed by atoms with van der Waals surface area (Å²) in [7, 11) is 0. The highest BCUT2D eigenvalue weighted by Crippen LogP contribution is 2.32. The number of aromatic amines is 2. The molecule has 38 heavy (non-hydrogen) atoms. The monoisotopic (exact) mass is 500 g/mol. The molecule has 8 rings (SSSR count). The number of aryl methyl sites for hydroxylation is 2. The molecule has 2 aromatic carbocycles. The Kier molecular flexibility index (Phi) is 4.42. The standard InChI is InChI=1S/2C15H10N2O2/c2*1-8-6-7-11-13-12(15(19)17(8)11)14(18)9-4-2-3-5-10(9)16-13/h2*2-7H,1H3,(H,16,18). The van der Waals surface area contributed by atoms with E-state index >= 15 is 0 Å². The van der Waals surface area contributed by atoms with Gasteiger partial charge in [-0.3, -0.25) is 28.3 Å². The lowest BCUT2D eigenvalue weighted by Gasteiger charge is -2.01. The molecule has 184 valence electrons. The Morgan fingerprint density at radius 1 is 0.526 bits per heavy atom. The molecule has 0 atom stereocenters. The number of hydrogen-bond donors (Lipinski definition) is 2.